The number of ether oxygens (including phenoxy) is 1. The second kappa shape index (κ2) is 8.53. The van der Waals surface area contributed by atoms with Gasteiger partial charge in [-0.3, -0.25) is 0 Å². The number of aliphatic hydroxyl groups is 1. The lowest BCUT2D eigenvalue weighted by molar-refractivity contribution is -0.277. The van der Waals surface area contributed by atoms with Crippen molar-refractivity contribution in [1.29, 1.82) is 0 Å². The molecule has 1 aromatic carbocycles. The summed E-state index contributed by atoms with van der Waals surface area (Å²) in [6.45, 7) is 0.900. The first-order chi connectivity index (χ1) is 11.1. The predicted octanol–water partition coefficient (Wildman–Crippen LogP) is 4.87. The van der Waals surface area contributed by atoms with Crippen LogP contribution in [0.2, 0.25) is 0 Å². The van der Waals surface area contributed by atoms with E-state index in [1.165, 1.54) is 19.3 Å². The highest BCUT2D eigenvalue weighted by Crippen LogP contribution is 2.44. The van der Waals surface area contributed by atoms with Crippen molar-refractivity contribution in [3.05, 3.63) is 52.6 Å². The van der Waals surface area contributed by atoms with Crippen molar-refractivity contribution >= 4 is 17.8 Å². The van der Waals surface area contributed by atoms with Gasteiger partial charge in [0, 0.05) is 0 Å². The van der Waals surface area contributed by atoms with E-state index in [-0.39, 0.29) is 6.61 Å². The summed E-state index contributed by atoms with van der Waals surface area (Å²) in [6.07, 6.45) is -3.63. The molecular formula is C16H17F5O2S. The topological polar surface area (TPSA) is 29.5 Å². The summed E-state index contributed by atoms with van der Waals surface area (Å²) in [5, 5.41) is 10.1. The summed E-state index contributed by atoms with van der Waals surface area (Å²) < 4.78 is 69.9. The van der Waals surface area contributed by atoms with Crippen molar-refractivity contribution in [3.8, 4) is 0 Å². The molecule has 0 fully saturated rings. The molecule has 0 spiro atoms. The standard InChI is InChI=1S/C16H17F5O2S/c1-3-23-14(15(17,18)16(19,20)21)13(24-2)12(22)10-9-11-7-5-4-6-8-11/h4-10,12,22H,3H2,1-2H3/b10-9+,14-13+. The van der Waals surface area contributed by atoms with Gasteiger partial charge in [0.25, 0.3) is 0 Å². The number of halogens is 5. The van der Waals surface area contributed by atoms with Crippen LogP contribution in [0.25, 0.3) is 6.08 Å². The fraction of sp³-hybridized carbons (Fsp3) is 0.375. The van der Waals surface area contributed by atoms with E-state index in [2.05, 4.69) is 4.74 Å². The fourth-order valence-corrected chi connectivity index (χ4v) is 2.48. The Morgan fingerprint density at radius 2 is 1.79 bits per heavy atom. The lowest BCUT2D eigenvalue weighted by atomic mass is 10.1. The molecule has 1 unspecified atom stereocenters. The summed E-state index contributed by atoms with van der Waals surface area (Å²) >= 11 is 0.578. The number of allylic oxidation sites excluding steroid dienone is 1. The van der Waals surface area contributed by atoms with Crippen LogP contribution in [0.15, 0.2) is 47.1 Å². The first kappa shape index (κ1) is 20.5. The zero-order valence-corrected chi connectivity index (χ0v) is 13.8. The number of hydrogen-bond acceptors (Lipinski definition) is 3. The van der Waals surface area contributed by atoms with Gasteiger partial charge in [0.15, 0.2) is 5.76 Å². The third-order valence-corrected chi connectivity index (χ3v) is 3.78. The van der Waals surface area contributed by atoms with E-state index in [4.69, 9.17) is 0 Å². The van der Waals surface area contributed by atoms with Gasteiger partial charge in [-0.1, -0.05) is 42.5 Å². The third-order valence-electron chi connectivity index (χ3n) is 2.91. The molecule has 1 atom stereocenters. The minimum absolute atomic E-state index is 0.389. The van der Waals surface area contributed by atoms with Crippen LogP contribution in [0, 0.1) is 0 Å². The maximum Gasteiger partial charge on any atom is 0.461 e. The zero-order valence-electron chi connectivity index (χ0n) is 13.0. The van der Waals surface area contributed by atoms with E-state index in [1.54, 1.807) is 30.3 Å². The van der Waals surface area contributed by atoms with Crippen LogP contribution in [-0.2, 0) is 4.74 Å². The fourth-order valence-electron chi connectivity index (χ4n) is 1.79. The number of thioether (sulfide) groups is 1. The molecule has 0 amide bonds. The second-order valence-electron chi connectivity index (χ2n) is 4.62. The smallest absolute Gasteiger partial charge is 0.461 e. The van der Waals surface area contributed by atoms with Gasteiger partial charge in [-0.15, -0.1) is 11.8 Å². The van der Waals surface area contributed by atoms with Gasteiger partial charge in [-0.25, -0.2) is 0 Å². The predicted molar refractivity (Wildman–Crippen MR) is 84.7 cm³/mol. The normalized spacial score (nSPS) is 15.3. The Bertz CT molecular complexity index is 582. The second-order valence-corrected chi connectivity index (χ2v) is 5.47. The first-order valence-electron chi connectivity index (χ1n) is 6.92. The van der Waals surface area contributed by atoms with Crippen molar-refractivity contribution in [2.24, 2.45) is 0 Å². The molecule has 8 heteroatoms. The van der Waals surface area contributed by atoms with E-state index in [1.807, 2.05) is 0 Å². The van der Waals surface area contributed by atoms with E-state index in [0.29, 0.717) is 17.3 Å². The van der Waals surface area contributed by atoms with Gasteiger partial charge in [0.05, 0.1) is 11.5 Å². The molecule has 1 rings (SSSR count). The van der Waals surface area contributed by atoms with Crippen LogP contribution in [-0.4, -0.2) is 36.2 Å². The molecule has 2 nitrogen and oxygen atoms in total. The largest absolute Gasteiger partial charge is 0.491 e. The third kappa shape index (κ3) is 4.98. The van der Waals surface area contributed by atoms with Gasteiger partial charge in [0.1, 0.15) is 6.10 Å². The summed E-state index contributed by atoms with van der Waals surface area (Å²) in [6, 6.07) is 8.60. The highest BCUT2D eigenvalue weighted by Gasteiger charge is 2.62. The maximum absolute atomic E-state index is 13.7. The Labute approximate surface area is 141 Å². The Kier molecular flexibility index (Phi) is 7.28. The highest BCUT2D eigenvalue weighted by atomic mass is 32.2. The molecule has 0 aromatic heterocycles. The van der Waals surface area contributed by atoms with Crippen LogP contribution in [0.3, 0.4) is 0 Å². The average molecular weight is 368 g/mol. The number of rotatable bonds is 7. The van der Waals surface area contributed by atoms with Crippen molar-refractivity contribution in [1.82, 2.24) is 0 Å². The van der Waals surface area contributed by atoms with Crippen LogP contribution >= 0.6 is 11.8 Å². The van der Waals surface area contributed by atoms with E-state index in [0.717, 1.165) is 6.08 Å². The number of alkyl halides is 5. The van der Waals surface area contributed by atoms with Crippen molar-refractivity contribution in [2.45, 2.75) is 25.1 Å². The lowest BCUT2D eigenvalue weighted by Crippen LogP contribution is -2.40. The molecule has 134 valence electrons. The first-order valence-corrected chi connectivity index (χ1v) is 8.14. The van der Waals surface area contributed by atoms with Crippen LogP contribution in [0.4, 0.5) is 22.0 Å². The van der Waals surface area contributed by atoms with E-state index in [9.17, 15) is 27.1 Å². The molecular weight excluding hydrogens is 351 g/mol. The monoisotopic (exact) mass is 368 g/mol. The van der Waals surface area contributed by atoms with Crippen LogP contribution in [0.1, 0.15) is 12.5 Å². The summed E-state index contributed by atoms with van der Waals surface area (Å²) in [5.41, 5.74) is 0.664. The minimum atomic E-state index is -5.82. The molecule has 0 radical (unpaired) electrons. The van der Waals surface area contributed by atoms with Crippen LogP contribution in [0.5, 0.6) is 0 Å². The SMILES string of the molecule is CCO/C(=C(/SC)C(O)/C=C/c1ccccc1)C(F)(F)C(F)(F)F. The molecule has 0 saturated heterocycles. The van der Waals surface area contributed by atoms with Gasteiger partial charge >= 0.3 is 12.1 Å². The molecule has 1 N–H and O–H groups in total. The lowest BCUT2D eigenvalue weighted by Gasteiger charge is -2.25. The number of aliphatic hydroxyl groups excluding tert-OH is 1. The molecule has 0 saturated carbocycles. The Hall–Kier alpha value is -1.54. The van der Waals surface area contributed by atoms with Gasteiger partial charge in [-0.05, 0) is 18.7 Å². The van der Waals surface area contributed by atoms with Gasteiger partial charge < -0.3 is 9.84 Å². The average Bonchev–Trinajstić information content (AvgIpc) is 2.52. The molecule has 0 aliphatic rings. The Morgan fingerprint density at radius 3 is 2.25 bits per heavy atom. The molecule has 0 aliphatic carbocycles. The van der Waals surface area contributed by atoms with E-state index < -0.39 is 28.9 Å². The number of hydrogen-bond donors (Lipinski definition) is 1. The minimum Gasteiger partial charge on any atom is -0.491 e. The van der Waals surface area contributed by atoms with Gasteiger partial charge in [-0.2, -0.15) is 22.0 Å². The molecule has 0 heterocycles. The summed E-state index contributed by atoms with van der Waals surface area (Å²) in [4.78, 5) is -0.591. The van der Waals surface area contributed by atoms with Crippen molar-refractivity contribution in [2.75, 3.05) is 12.9 Å². The molecule has 1 aromatic rings. The Morgan fingerprint density at radius 1 is 1.21 bits per heavy atom. The summed E-state index contributed by atoms with van der Waals surface area (Å²) in [7, 11) is 0. The highest BCUT2D eigenvalue weighted by molar-refractivity contribution is 8.02. The molecule has 0 aliphatic heterocycles. The van der Waals surface area contributed by atoms with Gasteiger partial charge in [0.2, 0.25) is 0 Å². The molecule has 0 bridgehead atoms. The summed E-state index contributed by atoms with van der Waals surface area (Å²) in [5.74, 6) is -6.77. The van der Waals surface area contributed by atoms with Crippen LogP contribution < -0.4 is 0 Å². The number of benzene rings is 1. The van der Waals surface area contributed by atoms with Crippen molar-refractivity contribution in [3.63, 3.8) is 0 Å². The maximum atomic E-state index is 13.7. The van der Waals surface area contributed by atoms with Crippen molar-refractivity contribution < 1.29 is 31.8 Å². The Balaban J connectivity index is 3.24. The molecule has 24 heavy (non-hydrogen) atoms. The zero-order chi connectivity index (χ0) is 18.4. The quantitative estimate of drug-likeness (QED) is 0.550. The van der Waals surface area contributed by atoms with E-state index >= 15 is 0 Å².